The van der Waals surface area contributed by atoms with Crippen molar-refractivity contribution in [1.82, 2.24) is 0 Å². The van der Waals surface area contributed by atoms with Crippen molar-refractivity contribution in [2.75, 3.05) is 13.7 Å². The zero-order valence-corrected chi connectivity index (χ0v) is 12.8. The summed E-state index contributed by atoms with van der Waals surface area (Å²) in [7, 11) is 1.79. The van der Waals surface area contributed by atoms with Crippen molar-refractivity contribution in [1.29, 1.82) is 0 Å². The molecular formula is C19H25O2. The fourth-order valence-corrected chi connectivity index (χ4v) is 5.43. The molecule has 1 radical (unpaired) electrons. The first-order chi connectivity index (χ1) is 10.3. The molecule has 0 bridgehead atoms. The lowest BCUT2D eigenvalue weighted by molar-refractivity contribution is 0.105. The highest BCUT2D eigenvalue weighted by atomic mass is 16.5. The van der Waals surface area contributed by atoms with E-state index in [0.717, 1.165) is 24.4 Å². The summed E-state index contributed by atoms with van der Waals surface area (Å²) >= 11 is 0. The standard InChI is InChI=1S/C19H25O2/c1-21-11-13-9-19-15-4-2-3-12(15)5-7-17(19)16-8-6-14(20)10-18(13)16/h3,6,8,10,12-13,15,17,19-20H,2,4-5,7,9,11H2,1H3/t12?,13-,15-,17+,19-/m0/s1. The lowest BCUT2D eigenvalue weighted by Gasteiger charge is -2.46. The normalized spacial score (nSPS) is 37.7. The molecule has 2 heteroatoms. The third kappa shape index (κ3) is 2.19. The zero-order chi connectivity index (χ0) is 14.4. The molecule has 0 heterocycles. The number of aromatic hydroxyl groups is 1. The summed E-state index contributed by atoms with van der Waals surface area (Å²) in [5.41, 5.74) is 2.84. The number of ether oxygens (including phenoxy) is 1. The Kier molecular flexibility index (Phi) is 3.45. The van der Waals surface area contributed by atoms with Gasteiger partial charge in [-0.1, -0.05) is 6.07 Å². The Balaban J connectivity index is 1.73. The molecule has 5 atom stereocenters. The predicted molar refractivity (Wildman–Crippen MR) is 83.3 cm³/mol. The smallest absolute Gasteiger partial charge is 0.115 e. The molecule has 3 aliphatic rings. The zero-order valence-electron chi connectivity index (χ0n) is 12.8. The fourth-order valence-electron chi connectivity index (χ4n) is 5.43. The van der Waals surface area contributed by atoms with Gasteiger partial charge in [0.25, 0.3) is 0 Å². The molecular weight excluding hydrogens is 260 g/mol. The Morgan fingerprint density at radius 2 is 2.05 bits per heavy atom. The van der Waals surface area contributed by atoms with Gasteiger partial charge >= 0.3 is 0 Å². The summed E-state index contributed by atoms with van der Waals surface area (Å²) in [4.78, 5) is 0. The van der Waals surface area contributed by atoms with Crippen LogP contribution in [0.5, 0.6) is 5.75 Å². The minimum atomic E-state index is 0.399. The molecule has 0 aliphatic heterocycles. The first kappa shape index (κ1) is 13.6. The minimum Gasteiger partial charge on any atom is -0.508 e. The van der Waals surface area contributed by atoms with Gasteiger partial charge in [0.1, 0.15) is 5.75 Å². The maximum atomic E-state index is 9.87. The molecule has 0 spiro atoms. The molecule has 0 saturated heterocycles. The Bertz CT molecular complexity index is 524. The van der Waals surface area contributed by atoms with Gasteiger partial charge in [0.2, 0.25) is 0 Å². The highest BCUT2D eigenvalue weighted by molar-refractivity contribution is 5.42. The van der Waals surface area contributed by atoms with Crippen LogP contribution < -0.4 is 0 Å². The van der Waals surface area contributed by atoms with Gasteiger partial charge in [0, 0.05) is 13.0 Å². The summed E-state index contributed by atoms with van der Waals surface area (Å²) < 4.78 is 5.48. The topological polar surface area (TPSA) is 29.5 Å². The summed E-state index contributed by atoms with van der Waals surface area (Å²) in [6.07, 6.45) is 9.21. The Hall–Kier alpha value is -1.02. The molecule has 113 valence electrons. The molecule has 21 heavy (non-hydrogen) atoms. The predicted octanol–water partition coefficient (Wildman–Crippen LogP) is 4.25. The molecule has 4 rings (SSSR count). The van der Waals surface area contributed by atoms with Crippen LogP contribution in [0.15, 0.2) is 18.2 Å². The van der Waals surface area contributed by atoms with Crippen molar-refractivity contribution in [3.05, 3.63) is 35.7 Å². The molecule has 1 unspecified atom stereocenters. The Labute approximate surface area is 127 Å². The van der Waals surface area contributed by atoms with Gasteiger partial charge in [0.15, 0.2) is 0 Å². The Morgan fingerprint density at radius 1 is 1.14 bits per heavy atom. The molecule has 2 nitrogen and oxygen atoms in total. The molecule has 0 amide bonds. The van der Waals surface area contributed by atoms with Gasteiger partial charge in [-0.3, -0.25) is 0 Å². The average molecular weight is 285 g/mol. The largest absolute Gasteiger partial charge is 0.508 e. The third-order valence-electron chi connectivity index (χ3n) is 6.23. The van der Waals surface area contributed by atoms with Gasteiger partial charge in [-0.25, -0.2) is 0 Å². The van der Waals surface area contributed by atoms with Gasteiger partial charge in [-0.15, -0.1) is 0 Å². The van der Waals surface area contributed by atoms with Crippen molar-refractivity contribution in [2.45, 2.75) is 43.9 Å². The molecule has 0 aromatic heterocycles. The van der Waals surface area contributed by atoms with E-state index >= 15 is 0 Å². The maximum absolute atomic E-state index is 9.87. The number of phenolic OH excluding ortho intramolecular Hbond substituents is 1. The average Bonchev–Trinajstić information content (AvgIpc) is 2.96. The summed E-state index contributed by atoms with van der Waals surface area (Å²) in [6, 6.07) is 6.04. The van der Waals surface area contributed by atoms with Crippen molar-refractivity contribution in [3.8, 4) is 5.75 Å². The number of phenols is 1. The van der Waals surface area contributed by atoms with Crippen LogP contribution >= 0.6 is 0 Å². The van der Waals surface area contributed by atoms with E-state index in [1.165, 1.54) is 43.2 Å². The van der Waals surface area contributed by atoms with Crippen molar-refractivity contribution in [3.63, 3.8) is 0 Å². The van der Waals surface area contributed by atoms with Crippen molar-refractivity contribution >= 4 is 0 Å². The van der Waals surface area contributed by atoms with E-state index in [0.29, 0.717) is 17.6 Å². The van der Waals surface area contributed by atoms with Gasteiger partial charge in [-0.2, -0.15) is 0 Å². The second-order valence-corrected chi connectivity index (χ2v) is 7.19. The van der Waals surface area contributed by atoms with Crippen LogP contribution in [0.2, 0.25) is 0 Å². The van der Waals surface area contributed by atoms with E-state index in [2.05, 4.69) is 12.5 Å². The van der Waals surface area contributed by atoms with Crippen LogP contribution in [0, 0.1) is 24.2 Å². The van der Waals surface area contributed by atoms with Gasteiger partial charge in [0.05, 0.1) is 6.61 Å². The quantitative estimate of drug-likeness (QED) is 0.880. The summed E-state index contributed by atoms with van der Waals surface area (Å²) in [5, 5.41) is 9.87. The van der Waals surface area contributed by atoms with Crippen molar-refractivity contribution < 1.29 is 9.84 Å². The molecule has 3 aliphatic carbocycles. The summed E-state index contributed by atoms with van der Waals surface area (Å²) in [5.74, 6) is 4.15. The van der Waals surface area contributed by atoms with Gasteiger partial charge < -0.3 is 9.84 Å². The highest BCUT2D eigenvalue weighted by Gasteiger charge is 2.46. The molecule has 2 saturated carbocycles. The van der Waals surface area contributed by atoms with Crippen molar-refractivity contribution in [2.24, 2.45) is 17.8 Å². The van der Waals surface area contributed by atoms with Crippen LogP contribution in [0.4, 0.5) is 0 Å². The lowest BCUT2D eigenvalue weighted by Crippen LogP contribution is -2.36. The van der Waals surface area contributed by atoms with Crippen LogP contribution in [0.25, 0.3) is 0 Å². The number of hydrogen-bond donors (Lipinski definition) is 1. The lowest BCUT2D eigenvalue weighted by atomic mass is 9.59. The number of methoxy groups -OCH3 is 1. The van der Waals surface area contributed by atoms with E-state index in [1.54, 1.807) is 7.11 Å². The first-order valence-electron chi connectivity index (χ1n) is 8.43. The second-order valence-electron chi connectivity index (χ2n) is 7.19. The first-order valence-corrected chi connectivity index (χ1v) is 8.43. The third-order valence-corrected chi connectivity index (χ3v) is 6.23. The van der Waals surface area contributed by atoms with E-state index in [-0.39, 0.29) is 0 Å². The van der Waals surface area contributed by atoms with Crippen LogP contribution in [-0.2, 0) is 4.74 Å². The Morgan fingerprint density at radius 3 is 2.90 bits per heavy atom. The molecule has 1 N–H and O–H groups in total. The molecule has 1 aromatic carbocycles. The highest BCUT2D eigenvalue weighted by Crippen LogP contribution is 2.57. The van der Waals surface area contributed by atoms with E-state index in [4.69, 9.17) is 4.74 Å². The van der Waals surface area contributed by atoms with E-state index < -0.39 is 0 Å². The molecule has 2 fully saturated rings. The summed E-state index contributed by atoms with van der Waals surface area (Å²) in [6.45, 7) is 0.779. The van der Waals surface area contributed by atoms with Gasteiger partial charge in [-0.05, 0) is 85.5 Å². The second kappa shape index (κ2) is 5.31. The monoisotopic (exact) mass is 285 g/mol. The van der Waals surface area contributed by atoms with Crippen LogP contribution in [0.1, 0.15) is 55.1 Å². The number of benzene rings is 1. The van der Waals surface area contributed by atoms with E-state index in [9.17, 15) is 5.11 Å². The SMILES string of the molecule is COC[C@@H]1C[C@@H]2[C@H](CCC3[CH]CC[C@@H]32)c2ccc(O)cc21. The van der Waals surface area contributed by atoms with E-state index in [1.807, 2.05) is 12.1 Å². The number of fused-ring (bicyclic) bond motifs is 5. The number of rotatable bonds is 2. The van der Waals surface area contributed by atoms with Crippen LogP contribution in [0.3, 0.4) is 0 Å². The molecule has 1 aromatic rings. The maximum Gasteiger partial charge on any atom is 0.115 e. The minimum absolute atomic E-state index is 0.399. The van der Waals surface area contributed by atoms with Crippen LogP contribution in [-0.4, -0.2) is 18.8 Å². The number of hydrogen-bond acceptors (Lipinski definition) is 2. The fraction of sp³-hybridized carbons (Fsp3) is 0.632.